The van der Waals surface area contributed by atoms with Crippen molar-refractivity contribution >= 4 is 5.97 Å². The summed E-state index contributed by atoms with van der Waals surface area (Å²) in [6, 6.07) is 0. The van der Waals surface area contributed by atoms with Crippen LogP contribution < -0.4 is 11.4 Å². The van der Waals surface area contributed by atoms with Crippen molar-refractivity contribution < 1.29 is 14.7 Å². The summed E-state index contributed by atoms with van der Waals surface area (Å²) in [6.07, 6.45) is 0.251. The Morgan fingerprint density at radius 2 is 2.33 bits per heavy atom. The van der Waals surface area contributed by atoms with Gasteiger partial charge >= 0.3 is 5.97 Å². The highest BCUT2D eigenvalue weighted by Crippen LogP contribution is 1.88. The van der Waals surface area contributed by atoms with Crippen LogP contribution in [0.15, 0.2) is 0 Å². The predicted octanol–water partition coefficient (Wildman–Crippen LogP) is -1.78. The van der Waals surface area contributed by atoms with E-state index in [4.69, 9.17) is 10.9 Å². The van der Waals surface area contributed by atoms with E-state index in [1.807, 2.05) is 4.90 Å². The number of aliphatic hydroxyl groups is 1. The zero-order chi connectivity index (χ0) is 9.40. The lowest BCUT2D eigenvalue weighted by Crippen LogP contribution is -2.30. The van der Waals surface area contributed by atoms with Crippen molar-refractivity contribution in [2.45, 2.75) is 6.42 Å². The molecule has 6 heteroatoms. The Kier molecular flexibility index (Phi) is 6.58. The Balaban J connectivity index is 3.33. The average molecular weight is 177 g/mol. The fourth-order valence-electron chi connectivity index (χ4n) is 0.681. The van der Waals surface area contributed by atoms with Crippen molar-refractivity contribution in [1.29, 1.82) is 0 Å². The number of nitrogens with zero attached hydrogens (tertiary/aromatic N) is 1. The second-order valence-corrected chi connectivity index (χ2v) is 2.37. The van der Waals surface area contributed by atoms with Gasteiger partial charge in [0.05, 0.1) is 13.0 Å². The highest BCUT2D eigenvalue weighted by molar-refractivity contribution is 5.69. The Bertz CT molecular complexity index is 131. The lowest BCUT2D eigenvalue weighted by Gasteiger charge is -2.13. The standard InChI is InChI=1S/C6H15N3O3/c1-9(4-5-10)3-2-6(11)12-8-7/h8,10H,2-5,7H2,1H3. The van der Waals surface area contributed by atoms with Crippen LogP contribution in [0.3, 0.4) is 0 Å². The third kappa shape index (κ3) is 6.05. The molecule has 0 aromatic rings. The van der Waals surface area contributed by atoms with E-state index in [1.54, 1.807) is 12.6 Å². The van der Waals surface area contributed by atoms with E-state index in [9.17, 15) is 4.79 Å². The van der Waals surface area contributed by atoms with Gasteiger partial charge < -0.3 is 14.8 Å². The summed E-state index contributed by atoms with van der Waals surface area (Å²) in [5.74, 6) is 4.33. The van der Waals surface area contributed by atoms with Crippen molar-refractivity contribution in [3.8, 4) is 0 Å². The third-order valence-electron chi connectivity index (χ3n) is 1.35. The Morgan fingerprint density at radius 3 is 2.83 bits per heavy atom. The van der Waals surface area contributed by atoms with Gasteiger partial charge in [-0.2, -0.15) is 0 Å². The molecule has 0 saturated heterocycles. The van der Waals surface area contributed by atoms with Crippen molar-refractivity contribution in [3.05, 3.63) is 0 Å². The first-order valence-electron chi connectivity index (χ1n) is 3.65. The van der Waals surface area contributed by atoms with Crippen LogP contribution in [0.5, 0.6) is 0 Å². The summed E-state index contributed by atoms with van der Waals surface area (Å²) >= 11 is 0. The number of nitrogens with two attached hydrogens (primary N) is 1. The first kappa shape index (κ1) is 11.3. The molecule has 0 aliphatic heterocycles. The molecular weight excluding hydrogens is 162 g/mol. The predicted molar refractivity (Wildman–Crippen MR) is 42.6 cm³/mol. The van der Waals surface area contributed by atoms with E-state index in [0.29, 0.717) is 13.1 Å². The van der Waals surface area contributed by atoms with Crippen molar-refractivity contribution in [2.75, 3.05) is 26.7 Å². The molecule has 0 aromatic heterocycles. The number of hydrogen-bond acceptors (Lipinski definition) is 6. The second kappa shape index (κ2) is 6.99. The fraction of sp³-hybridized carbons (Fsp3) is 0.833. The summed E-state index contributed by atoms with van der Waals surface area (Å²) < 4.78 is 0. The van der Waals surface area contributed by atoms with Gasteiger partial charge in [-0.05, 0) is 7.05 Å². The van der Waals surface area contributed by atoms with E-state index >= 15 is 0 Å². The monoisotopic (exact) mass is 177 g/mol. The normalized spacial score (nSPS) is 10.3. The van der Waals surface area contributed by atoms with Crippen LogP contribution in [-0.2, 0) is 9.63 Å². The minimum atomic E-state index is -0.415. The quantitative estimate of drug-likeness (QED) is 0.328. The molecule has 0 heterocycles. The fourth-order valence-corrected chi connectivity index (χ4v) is 0.681. The topological polar surface area (TPSA) is 87.8 Å². The van der Waals surface area contributed by atoms with E-state index in [2.05, 4.69) is 4.84 Å². The van der Waals surface area contributed by atoms with Gasteiger partial charge in [0, 0.05) is 13.1 Å². The Hall–Kier alpha value is -0.690. The van der Waals surface area contributed by atoms with Gasteiger partial charge in [-0.15, -0.1) is 0 Å². The average Bonchev–Trinajstić information content (AvgIpc) is 2.02. The zero-order valence-corrected chi connectivity index (χ0v) is 7.12. The van der Waals surface area contributed by atoms with Crippen LogP contribution in [0.25, 0.3) is 0 Å². The van der Waals surface area contributed by atoms with Crippen molar-refractivity contribution in [2.24, 2.45) is 5.84 Å². The molecule has 0 spiro atoms. The largest absolute Gasteiger partial charge is 0.395 e. The number of carbonyl (C=O) groups excluding carboxylic acids is 1. The Labute approximate surface area is 71.2 Å². The van der Waals surface area contributed by atoms with Crippen LogP contribution in [-0.4, -0.2) is 42.7 Å². The molecular formula is C6H15N3O3. The molecule has 0 amide bonds. The molecule has 0 fully saturated rings. The van der Waals surface area contributed by atoms with Gasteiger partial charge in [0.15, 0.2) is 0 Å². The first-order chi connectivity index (χ1) is 5.70. The van der Waals surface area contributed by atoms with Gasteiger partial charge in [0.25, 0.3) is 0 Å². The lowest BCUT2D eigenvalue weighted by atomic mass is 10.4. The molecule has 0 aromatic carbocycles. The minimum absolute atomic E-state index is 0.0840. The third-order valence-corrected chi connectivity index (χ3v) is 1.35. The number of hydrazine groups is 1. The molecule has 6 nitrogen and oxygen atoms in total. The maximum atomic E-state index is 10.7. The van der Waals surface area contributed by atoms with Crippen LogP contribution in [0.4, 0.5) is 0 Å². The van der Waals surface area contributed by atoms with Gasteiger partial charge in [0.1, 0.15) is 0 Å². The molecule has 72 valence electrons. The van der Waals surface area contributed by atoms with Gasteiger partial charge in [-0.3, -0.25) is 4.79 Å². The summed E-state index contributed by atoms with van der Waals surface area (Å²) in [6.45, 7) is 1.17. The minimum Gasteiger partial charge on any atom is -0.395 e. The molecule has 0 unspecified atom stereocenters. The number of carbonyl (C=O) groups is 1. The number of nitrogens with one attached hydrogen (secondary N) is 1. The highest BCUT2D eigenvalue weighted by atomic mass is 16.7. The SMILES string of the molecule is CN(CCO)CCC(=O)ONN. The van der Waals surface area contributed by atoms with Crippen LogP contribution in [0, 0.1) is 0 Å². The van der Waals surface area contributed by atoms with Crippen LogP contribution in [0.2, 0.25) is 0 Å². The van der Waals surface area contributed by atoms with Gasteiger partial charge in [-0.25, -0.2) is 5.84 Å². The second-order valence-electron chi connectivity index (χ2n) is 2.37. The maximum absolute atomic E-state index is 10.7. The number of aliphatic hydroxyl groups excluding tert-OH is 1. The molecule has 0 aliphatic rings. The van der Waals surface area contributed by atoms with E-state index in [-0.39, 0.29) is 13.0 Å². The summed E-state index contributed by atoms with van der Waals surface area (Å²) in [7, 11) is 1.80. The highest BCUT2D eigenvalue weighted by Gasteiger charge is 2.04. The smallest absolute Gasteiger partial charge is 0.327 e. The summed E-state index contributed by atoms with van der Waals surface area (Å²) in [5.41, 5.74) is 1.81. The zero-order valence-electron chi connectivity index (χ0n) is 7.12. The molecule has 0 saturated carbocycles. The molecule has 0 radical (unpaired) electrons. The van der Waals surface area contributed by atoms with Gasteiger partial charge in [0.2, 0.25) is 0 Å². The molecule has 12 heavy (non-hydrogen) atoms. The van der Waals surface area contributed by atoms with E-state index < -0.39 is 5.97 Å². The number of likely N-dealkylation sites (N-methyl/N-ethyl adjacent to an activating group) is 1. The van der Waals surface area contributed by atoms with E-state index in [0.717, 1.165) is 0 Å². The molecule has 0 atom stereocenters. The molecule has 0 aliphatic carbocycles. The Morgan fingerprint density at radius 1 is 1.67 bits per heavy atom. The molecule has 0 bridgehead atoms. The lowest BCUT2D eigenvalue weighted by molar-refractivity contribution is -0.151. The van der Waals surface area contributed by atoms with Gasteiger partial charge in [-0.1, -0.05) is 5.59 Å². The molecule has 0 rings (SSSR count). The van der Waals surface area contributed by atoms with Crippen LogP contribution in [0.1, 0.15) is 6.42 Å². The summed E-state index contributed by atoms with van der Waals surface area (Å²) in [4.78, 5) is 16.8. The van der Waals surface area contributed by atoms with E-state index in [1.165, 1.54) is 0 Å². The first-order valence-corrected chi connectivity index (χ1v) is 3.65. The van der Waals surface area contributed by atoms with Crippen molar-refractivity contribution in [1.82, 2.24) is 10.5 Å². The van der Waals surface area contributed by atoms with Crippen molar-refractivity contribution in [3.63, 3.8) is 0 Å². The number of rotatable bonds is 6. The molecule has 4 N–H and O–H groups in total. The summed E-state index contributed by atoms with van der Waals surface area (Å²) in [5, 5.41) is 8.52. The number of hydrogen-bond donors (Lipinski definition) is 3. The maximum Gasteiger partial charge on any atom is 0.327 e. The van der Waals surface area contributed by atoms with Crippen LogP contribution >= 0.6 is 0 Å².